The number of carbonyl (C=O) groups excluding carboxylic acids is 1. The minimum Gasteiger partial charge on any atom is -0.467 e. The molecule has 4 heteroatoms. The summed E-state index contributed by atoms with van der Waals surface area (Å²) in [6.45, 7) is 6.31. The van der Waals surface area contributed by atoms with Crippen molar-refractivity contribution in [3.8, 4) is 0 Å². The van der Waals surface area contributed by atoms with E-state index in [1.807, 2.05) is 24.3 Å². The molecule has 0 heterocycles. The fourth-order valence-corrected chi connectivity index (χ4v) is 2.11. The lowest BCUT2D eigenvalue weighted by atomic mass is 9.88. The molecule has 18 heavy (non-hydrogen) atoms. The van der Waals surface area contributed by atoms with Gasteiger partial charge in [-0.2, -0.15) is 0 Å². The Morgan fingerprint density at radius 1 is 1.39 bits per heavy atom. The van der Waals surface area contributed by atoms with Crippen LogP contribution in [0.5, 0.6) is 0 Å². The molecule has 1 atom stereocenters. The van der Waals surface area contributed by atoms with Crippen molar-refractivity contribution in [1.29, 1.82) is 0 Å². The predicted molar refractivity (Wildman–Crippen MR) is 77.6 cm³/mol. The second-order valence-corrected chi connectivity index (χ2v) is 6.32. The van der Waals surface area contributed by atoms with Gasteiger partial charge in [0.25, 0.3) is 0 Å². The Hall–Kier alpha value is -1.03. The molecule has 1 N–H and O–H groups in total. The van der Waals surface area contributed by atoms with Crippen LogP contribution in [-0.2, 0) is 9.53 Å². The highest BCUT2D eigenvalue weighted by Gasteiger charge is 2.25. The summed E-state index contributed by atoms with van der Waals surface area (Å²) in [7, 11) is 1.42. The van der Waals surface area contributed by atoms with Crippen LogP contribution < -0.4 is 5.32 Å². The number of benzene rings is 1. The van der Waals surface area contributed by atoms with Crippen LogP contribution in [0.25, 0.3) is 0 Å². The molecule has 0 saturated carbocycles. The number of anilines is 1. The minimum absolute atomic E-state index is 0.0487. The summed E-state index contributed by atoms with van der Waals surface area (Å²) in [5.41, 5.74) is 0.949. The molecule has 0 spiro atoms. The van der Waals surface area contributed by atoms with Gasteiger partial charge in [-0.1, -0.05) is 32.9 Å². The van der Waals surface area contributed by atoms with Gasteiger partial charge in [-0.05, 0) is 39.9 Å². The Labute approximate surface area is 117 Å². The monoisotopic (exact) mass is 313 g/mol. The first kappa shape index (κ1) is 15.0. The highest BCUT2D eigenvalue weighted by atomic mass is 79.9. The molecule has 1 unspecified atom stereocenters. The average molecular weight is 314 g/mol. The van der Waals surface area contributed by atoms with Crippen LogP contribution >= 0.6 is 15.9 Å². The number of methoxy groups -OCH3 is 1. The Balaban J connectivity index is 2.85. The minimum atomic E-state index is -0.339. The second kappa shape index (κ2) is 6.23. The van der Waals surface area contributed by atoms with Crippen molar-refractivity contribution in [1.82, 2.24) is 0 Å². The van der Waals surface area contributed by atoms with Gasteiger partial charge in [0, 0.05) is 10.2 Å². The van der Waals surface area contributed by atoms with Gasteiger partial charge >= 0.3 is 5.97 Å². The first-order valence-corrected chi connectivity index (χ1v) is 6.71. The van der Waals surface area contributed by atoms with Crippen LogP contribution in [0, 0.1) is 5.41 Å². The Morgan fingerprint density at radius 3 is 2.50 bits per heavy atom. The van der Waals surface area contributed by atoms with Gasteiger partial charge in [0.05, 0.1) is 7.11 Å². The number of hydrogen-bond acceptors (Lipinski definition) is 3. The van der Waals surface area contributed by atoms with E-state index in [-0.39, 0.29) is 17.4 Å². The molecule has 1 aromatic carbocycles. The maximum absolute atomic E-state index is 11.8. The summed E-state index contributed by atoms with van der Waals surface area (Å²) in [4.78, 5) is 11.8. The zero-order chi connectivity index (χ0) is 13.8. The average Bonchev–Trinajstić information content (AvgIpc) is 2.28. The van der Waals surface area contributed by atoms with Gasteiger partial charge in [0.2, 0.25) is 0 Å². The number of hydrogen-bond donors (Lipinski definition) is 1. The van der Waals surface area contributed by atoms with E-state index in [0.717, 1.165) is 10.2 Å². The maximum Gasteiger partial charge on any atom is 0.328 e. The second-order valence-electron chi connectivity index (χ2n) is 5.46. The van der Waals surface area contributed by atoms with Gasteiger partial charge in [-0.15, -0.1) is 0 Å². The van der Waals surface area contributed by atoms with Crippen LogP contribution in [0.3, 0.4) is 0 Å². The van der Waals surface area contributed by atoms with Crippen molar-refractivity contribution in [3.63, 3.8) is 0 Å². The Kier molecular flexibility index (Phi) is 5.20. The molecule has 0 aromatic heterocycles. The molecule has 1 rings (SSSR count). The lowest BCUT2D eigenvalue weighted by Gasteiger charge is -2.26. The molecule has 100 valence electrons. The van der Waals surface area contributed by atoms with E-state index in [0.29, 0.717) is 6.42 Å². The van der Waals surface area contributed by atoms with Gasteiger partial charge in [0.1, 0.15) is 6.04 Å². The predicted octanol–water partition coefficient (Wildman–Crippen LogP) is 3.84. The van der Waals surface area contributed by atoms with E-state index < -0.39 is 0 Å². The maximum atomic E-state index is 11.8. The molecule has 0 amide bonds. The third-order valence-corrected chi connectivity index (χ3v) is 3.20. The lowest BCUT2D eigenvalue weighted by molar-refractivity contribution is -0.142. The van der Waals surface area contributed by atoms with E-state index in [4.69, 9.17) is 4.74 Å². The number of nitrogens with one attached hydrogen (secondary N) is 1. The van der Waals surface area contributed by atoms with E-state index in [1.165, 1.54) is 7.11 Å². The number of halogens is 1. The van der Waals surface area contributed by atoms with Crippen LogP contribution in [0.15, 0.2) is 28.7 Å². The SMILES string of the molecule is COC(=O)C(CC(C)(C)C)Nc1ccccc1Br. The van der Waals surface area contributed by atoms with Gasteiger partial charge in [-0.3, -0.25) is 0 Å². The first-order chi connectivity index (χ1) is 8.33. The summed E-state index contributed by atoms with van der Waals surface area (Å²) < 4.78 is 5.79. The van der Waals surface area contributed by atoms with Gasteiger partial charge < -0.3 is 10.1 Å². The zero-order valence-corrected chi connectivity index (χ0v) is 12.9. The Morgan fingerprint density at radius 2 is 2.00 bits per heavy atom. The standard InChI is InChI=1S/C14H20BrNO2/c1-14(2,3)9-12(13(17)18-4)16-11-8-6-5-7-10(11)15/h5-8,12,16H,9H2,1-4H3. The molecule has 0 aliphatic carbocycles. The number of esters is 1. The van der Waals surface area contributed by atoms with Crippen LogP contribution in [-0.4, -0.2) is 19.1 Å². The van der Waals surface area contributed by atoms with E-state index in [1.54, 1.807) is 0 Å². The summed E-state index contributed by atoms with van der Waals surface area (Å²) >= 11 is 3.46. The molecular formula is C14H20BrNO2. The van der Waals surface area contributed by atoms with Crippen molar-refractivity contribution in [2.75, 3.05) is 12.4 Å². The third-order valence-electron chi connectivity index (χ3n) is 2.51. The molecule has 1 aromatic rings. The van der Waals surface area contributed by atoms with Crippen LogP contribution in [0.2, 0.25) is 0 Å². The third kappa shape index (κ3) is 4.69. The zero-order valence-electron chi connectivity index (χ0n) is 11.3. The smallest absolute Gasteiger partial charge is 0.328 e. The molecular weight excluding hydrogens is 294 g/mol. The van der Waals surface area contributed by atoms with Crippen LogP contribution in [0.1, 0.15) is 27.2 Å². The summed E-state index contributed by atoms with van der Waals surface area (Å²) in [5, 5.41) is 3.23. The van der Waals surface area contributed by atoms with Crippen molar-refractivity contribution < 1.29 is 9.53 Å². The van der Waals surface area contributed by atoms with E-state index in [9.17, 15) is 4.79 Å². The van der Waals surface area contributed by atoms with Gasteiger partial charge in [0.15, 0.2) is 0 Å². The molecule has 3 nitrogen and oxygen atoms in total. The van der Waals surface area contributed by atoms with E-state index >= 15 is 0 Å². The molecule has 0 saturated heterocycles. The summed E-state index contributed by atoms with van der Waals surface area (Å²) in [6.07, 6.45) is 0.709. The van der Waals surface area contributed by atoms with Gasteiger partial charge in [-0.25, -0.2) is 4.79 Å². The van der Waals surface area contributed by atoms with E-state index in [2.05, 4.69) is 42.0 Å². The summed E-state index contributed by atoms with van der Waals surface area (Å²) in [6, 6.07) is 7.40. The van der Waals surface area contributed by atoms with Crippen molar-refractivity contribution in [2.24, 2.45) is 5.41 Å². The summed E-state index contributed by atoms with van der Waals surface area (Å²) in [5.74, 6) is -0.235. The molecule has 0 fully saturated rings. The van der Waals surface area contributed by atoms with Crippen molar-refractivity contribution >= 4 is 27.6 Å². The van der Waals surface area contributed by atoms with Crippen molar-refractivity contribution in [2.45, 2.75) is 33.2 Å². The first-order valence-electron chi connectivity index (χ1n) is 5.92. The highest BCUT2D eigenvalue weighted by molar-refractivity contribution is 9.10. The fourth-order valence-electron chi connectivity index (χ4n) is 1.71. The number of ether oxygens (including phenoxy) is 1. The molecule has 0 radical (unpaired) electrons. The van der Waals surface area contributed by atoms with Crippen molar-refractivity contribution in [3.05, 3.63) is 28.7 Å². The quantitative estimate of drug-likeness (QED) is 0.858. The van der Waals surface area contributed by atoms with Crippen LogP contribution in [0.4, 0.5) is 5.69 Å². The highest BCUT2D eigenvalue weighted by Crippen LogP contribution is 2.27. The molecule has 0 bridgehead atoms. The largest absolute Gasteiger partial charge is 0.467 e. The number of para-hydroxylation sites is 1. The molecule has 0 aliphatic rings. The topological polar surface area (TPSA) is 38.3 Å². The fraction of sp³-hybridized carbons (Fsp3) is 0.500. The normalized spacial score (nSPS) is 12.9. The number of rotatable bonds is 4. The lowest BCUT2D eigenvalue weighted by Crippen LogP contribution is -2.34. The Bertz CT molecular complexity index is 413. The molecule has 0 aliphatic heterocycles. The number of carbonyl (C=O) groups is 1.